The largest absolute Gasteiger partial charge is 0.467 e. The maximum Gasteiger partial charge on any atom is 0.339 e. The van der Waals surface area contributed by atoms with E-state index < -0.39 is 18.0 Å². The number of hydrogen-bond donors (Lipinski definition) is 1. The van der Waals surface area contributed by atoms with Gasteiger partial charge in [-0.3, -0.25) is 0 Å². The highest BCUT2D eigenvalue weighted by Crippen LogP contribution is 2.28. The van der Waals surface area contributed by atoms with Gasteiger partial charge in [0, 0.05) is 12.5 Å². The van der Waals surface area contributed by atoms with Crippen molar-refractivity contribution < 1.29 is 23.4 Å². The number of rotatable bonds is 3. The van der Waals surface area contributed by atoms with Gasteiger partial charge in [-0.15, -0.1) is 0 Å². The van der Waals surface area contributed by atoms with E-state index in [0.29, 0.717) is 0 Å². The zero-order valence-corrected chi connectivity index (χ0v) is 8.91. The Bertz CT molecular complexity index is 385. The second-order valence-electron chi connectivity index (χ2n) is 3.44. The lowest BCUT2D eigenvalue weighted by atomic mass is 10.0. The van der Waals surface area contributed by atoms with E-state index in [9.17, 15) is 18.7 Å². The number of aliphatic hydroxyl groups is 1. The molecule has 88 valence electrons. The Kier molecular flexibility index (Phi) is 3.59. The lowest BCUT2D eigenvalue weighted by molar-refractivity contribution is -0.150. The molecule has 1 atom stereocenters. The lowest BCUT2D eigenvalue weighted by Gasteiger charge is -2.14. The van der Waals surface area contributed by atoms with Crippen LogP contribution in [0.4, 0.5) is 8.78 Å². The zero-order valence-electron chi connectivity index (χ0n) is 8.91. The van der Waals surface area contributed by atoms with Gasteiger partial charge in [-0.2, -0.15) is 0 Å². The maximum absolute atomic E-state index is 13.0. The molecule has 1 aromatic carbocycles. The van der Waals surface area contributed by atoms with Gasteiger partial charge in [0.05, 0.1) is 7.11 Å². The molecule has 0 aromatic heterocycles. The molecule has 0 spiro atoms. The highest BCUT2D eigenvalue weighted by Gasteiger charge is 2.26. The normalized spacial score (nSPS) is 13.3. The number of carbonyl (C=O) groups excluding carboxylic acids is 1. The molecule has 0 bridgehead atoms. The van der Waals surface area contributed by atoms with Gasteiger partial charge in [-0.25, -0.2) is 13.6 Å². The topological polar surface area (TPSA) is 46.5 Å². The monoisotopic (exact) mass is 230 g/mol. The van der Waals surface area contributed by atoms with E-state index in [1.165, 1.54) is 18.2 Å². The fourth-order valence-corrected chi connectivity index (χ4v) is 1.23. The SMILES string of the molecule is COC(=O)C(O)c1cccc(C(C)(F)F)c1. The molecular formula is C11H12F2O3. The first kappa shape index (κ1) is 12.6. The molecule has 0 radical (unpaired) electrons. The molecule has 5 heteroatoms. The zero-order chi connectivity index (χ0) is 12.3. The molecule has 1 N–H and O–H groups in total. The Hall–Kier alpha value is -1.49. The summed E-state index contributed by atoms with van der Waals surface area (Å²) in [4.78, 5) is 11.0. The molecule has 0 saturated carbocycles. The van der Waals surface area contributed by atoms with Gasteiger partial charge in [0.15, 0.2) is 6.10 Å². The molecule has 3 nitrogen and oxygen atoms in total. The second-order valence-corrected chi connectivity index (χ2v) is 3.44. The van der Waals surface area contributed by atoms with Crippen molar-refractivity contribution in [2.45, 2.75) is 19.0 Å². The van der Waals surface area contributed by atoms with Crippen molar-refractivity contribution in [3.05, 3.63) is 35.4 Å². The van der Waals surface area contributed by atoms with Gasteiger partial charge < -0.3 is 9.84 Å². The molecule has 0 amide bonds. The number of alkyl halides is 2. The molecule has 1 unspecified atom stereocenters. The third kappa shape index (κ3) is 2.76. The number of ether oxygens (including phenoxy) is 1. The molecule has 16 heavy (non-hydrogen) atoms. The van der Waals surface area contributed by atoms with Crippen molar-refractivity contribution in [1.82, 2.24) is 0 Å². The van der Waals surface area contributed by atoms with Crippen LogP contribution in [0.1, 0.15) is 24.2 Å². The van der Waals surface area contributed by atoms with E-state index in [-0.39, 0.29) is 11.1 Å². The van der Waals surface area contributed by atoms with Crippen LogP contribution in [0.2, 0.25) is 0 Å². The summed E-state index contributed by atoms with van der Waals surface area (Å²) in [5, 5.41) is 9.46. The van der Waals surface area contributed by atoms with Gasteiger partial charge in [0.1, 0.15) is 0 Å². The minimum absolute atomic E-state index is 0.0888. The van der Waals surface area contributed by atoms with Crippen LogP contribution in [0.25, 0.3) is 0 Å². The van der Waals surface area contributed by atoms with Crippen molar-refractivity contribution in [3.63, 3.8) is 0 Å². The first-order chi connectivity index (χ1) is 7.36. The van der Waals surface area contributed by atoms with Crippen LogP contribution >= 0.6 is 0 Å². The van der Waals surface area contributed by atoms with Gasteiger partial charge in [0.2, 0.25) is 0 Å². The molecular weight excluding hydrogens is 218 g/mol. The Morgan fingerprint density at radius 3 is 2.62 bits per heavy atom. The third-order valence-electron chi connectivity index (χ3n) is 2.13. The van der Waals surface area contributed by atoms with Gasteiger partial charge >= 0.3 is 5.97 Å². The number of carbonyl (C=O) groups is 1. The fraction of sp³-hybridized carbons (Fsp3) is 0.364. The smallest absolute Gasteiger partial charge is 0.339 e. The number of hydrogen-bond acceptors (Lipinski definition) is 3. The summed E-state index contributed by atoms with van der Waals surface area (Å²) in [7, 11) is 1.11. The van der Waals surface area contributed by atoms with Crippen LogP contribution in [0.3, 0.4) is 0 Å². The summed E-state index contributed by atoms with van der Waals surface area (Å²) in [6, 6.07) is 5.06. The Balaban J connectivity index is 3.04. The van der Waals surface area contributed by atoms with Crippen molar-refractivity contribution in [3.8, 4) is 0 Å². The standard InChI is InChI=1S/C11H12F2O3/c1-11(12,13)8-5-3-4-7(6-8)9(14)10(15)16-2/h3-6,9,14H,1-2H3. The van der Waals surface area contributed by atoms with E-state index in [1.807, 2.05) is 0 Å². The summed E-state index contributed by atoms with van der Waals surface area (Å²) in [5.41, 5.74) is -0.168. The van der Waals surface area contributed by atoms with Gasteiger partial charge in [-0.05, 0) is 11.6 Å². The Morgan fingerprint density at radius 1 is 1.50 bits per heavy atom. The Labute approximate surface area is 91.7 Å². The van der Waals surface area contributed by atoms with Gasteiger partial charge in [0.25, 0.3) is 5.92 Å². The summed E-state index contributed by atoms with van der Waals surface area (Å²) >= 11 is 0. The number of benzene rings is 1. The summed E-state index contributed by atoms with van der Waals surface area (Å²) in [6.45, 7) is 0.747. The number of halogens is 2. The van der Waals surface area contributed by atoms with Crippen LogP contribution in [-0.2, 0) is 15.5 Å². The minimum Gasteiger partial charge on any atom is -0.467 e. The van der Waals surface area contributed by atoms with Crippen LogP contribution in [0.5, 0.6) is 0 Å². The Morgan fingerprint density at radius 2 is 2.12 bits per heavy atom. The first-order valence-corrected chi connectivity index (χ1v) is 4.60. The van der Waals surface area contributed by atoms with Crippen molar-refractivity contribution in [1.29, 1.82) is 0 Å². The highest BCUT2D eigenvalue weighted by atomic mass is 19.3. The average molecular weight is 230 g/mol. The average Bonchev–Trinajstić information content (AvgIpc) is 2.26. The third-order valence-corrected chi connectivity index (χ3v) is 2.13. The van der Waals surface area contributed by atoms with E-state index >= 15 is 0 Å². The molecule has 0 aliphatic rings. The predicted octanol–water partition coefficient (Wildman–Crippen LogP) is 2.00. The van der Waals surface area contributed by atoms with Crippen LogP contribution in [0, 0.1) is 0 Å². The quantitative estimate of drug-likeness (QED) is 0.808. The summed E-state index contributed by atoms with van der Waals surface area (Å²) < 4.78 is 30.3. The summed E-state index contributed by atoms with van der Waals surface area (Å²) in [5.74, 6) is -3.89. The van der Waals surface area contributed by atoms with Crippen LogP contribution < -0.4 is 0 Å². The van der Waals surface area contributed by atoms with E-state index in [4.69, 9.17) is 0 Å². The molecule has 1 rings (SSSR count). The number of methoxy groups -OCH3 is 1. The molecule has 0 aliphatic heterocycles. The predicted molar refractivity (Wildman–Crippen MR) is 53.0 cm³/mol. The molecule has 1 aromatic rings. The number of esters is 1. The first-order valence-electron chi connectivity index (χ1n) is 4.60. The van der Waals surface area contributed by atoms with E-state index in [0.717, 1.165) is 20.1 Å². The van der Waals surface area contributed by atoms with E-state index in [1.54, 1.807) is 0 Å². The second kappa shape index (κ2) is 4.57. The van der Waals surface area contributed by atoms with Crippen LogP contribution in [-0.4, -0.2) is 18.2 Å². The number of aliphatic hydroxyl groups excluding tert-OH is 1. The maximum atomic E-state index is 13.0. The lowest BCUT2D eigenvalue weighted by Crippen LogP contribution is -2.15. The van der Waals surface area contributed by atoms with Crippen LogP contribution in [0.15, 0.2) is 24.3 Å². The van der Waals surface area contributed by atoms with Crippen molar-refractivity contribution in [2.75, 3.05) is 7.11 Å². The van der Waals surface area contributed by atoms with Crippen molar-refractivity contribution in [2.24, 2.45) is 0 Å². The van der Waals surface area contributed by atoms with E-state index in [2.05, 4.69) is 4.74 Å². The molecule has 0 aliphatic carbocycles. The molecule has 0 saturated heterocycles. The van der Waals surface area contributed by atoms with Gasteiger partial charge in [-0.1, -0.05) is 18.2 Å². The minimum atomic E-state index is -3.01. The highest BCUT2D eigenvalue weighted by molar-refractivity contribution is 5.76. The van der Waals surface area contributed by atoms with Crippen molar-refractivity contribution >= 4 is 5.97 Å². The molecule has 0 heterocycles. The summed E-state index contributed by atoms with van der Waals surface area (Å²) in [6.07, 6.45) is -1.53. The molecule has 0 fully saturated rings. The fourth-order valence-electron chi connectivity index (χ4n) is 1.23.